The van der Waals surface area contributed by atoms with E-state index >= 15 is 0 Å². The summed E-state index contributed by atoms with van der Waals surface area (Å²) >= 11 is 0. The summed E-state index contributed by atoms with van der Waals surface area (Å²) in [5, 5.41) is 9.32. The van der Waals surface area contributed by atoms with Crippen LogP contribution in [-0.2, 0) is 15.6 Å². The van der Waals surface area contributed by atoms with Crippen LogP contribution < -0.4 is 0 Å². The second-order valence-corrected chi connectivity index (χ2v) is 9.51. The average molecular weight is 396 g/mol. The van der Waals surface area contributed by atoms with E-state index in [2.05, 4.69) is 29.2 Å². The van der Waals surface area contributed by atoms with Gasteiger partial charge in [-0.1, -0.05) is 42.5 Å². The van der Waals surface area contributed by atoms with Crippen molar-refractivity contribution in [2.24, 2.45) is 0 Å². The van der Waals surface area contributed by atoms with Crippen molar-refractivity contribution in [2.75, 3.05) is 26.2 Å². The summed E-state index contributed by atoms with van der Waals surface area (Å²) in [7, 11) is -3.67. The van der Waals surface area contributed by atoms with Crippen molar-refractivity contribution < 1.29 is 8.42 Å². The number of hydrogen-bond donors (Lipinski definition) is 0. The molecule has 28 heavy (non-hydrogen) atoms. The van der Waals surface area contributed by atoms with Gasteiger partial charge in [-0.2, -0.15) is 9.57 Å². The molecule has 2 heterocycles. The van der Waals surface area contributed by atoms with Crippen molar-refractivity contribution in [3.05, 3.63) is 65.7 Å². The molecule has 6 heteroatoms. The summed E-state index contributed by atoms with van der Waals surface area (Å²) in [6.45, 7) is 3.07. The van der Waals surface area contributed by atoms with E-state index in [9.17, 15) is 13.7 Å². The zero-order valence-electron chi connectivity index (χ0n) is 15.9. The van der Waals surface area contributed by atoms with E-state index in [1.807, 2.05) is 12.1 Å². The highest BCUT2D eigenvalue weighted by Crippen LogP contribution is 2.42. The van der Waals surface area contributed by atoms with Gasteiger partial charge >= 0.3 is 0 Å². The molecule has 0 unspecified atom stereocenters. The van der Waals surface area contributed by atoms with Crippen molar-refractivity contribution in [3.8, 4) is 6.07 Å². The molecule has 0 aromatic heterocycles. The Kier molecular flexibility index (Phi) is 5.24. The van der Waals surface area contributed by atoms with E-state index in [1.54, 1.807) is 22.5 Å². The van der Waals surface area contributed by atoms with E-state index in [4.69, 9.17) is 0 Å². The van der Waals surface area contributed by atoms with E-state index < -0.39 is 10.0 Å². The normalized spacial score (nSPS) is 20.7. The van der Waals surface area contributed by atoms with Crippen molar-refractivity contribution in [1.82, 2.24) is 9.21 Å². The molecular weight excluding hydrogens is 370 g/mol. The Hall–Kier alpha value is -2.20. The third-order valence-corrected chi connectivity index (χ3v) is 8.15. The summed E-state index contributed by atoms with van der Waals surface area (Å²) in [5.41, 5.74) is 1.40. The van der Waals surface area contributed by atoms with Crippen LogP contribution >= 0.6 is 0 Å². The first-order valence-electron chi connectivity index (χ1n) is 9.88. The lowest BCUT2D eigenvalue weighted by molar-refractivity contribution is 0.0572. The Balaban J connectivity index is 1.63. The number of benzene rings is 2. The monoisotopic (exact) mass is 395 g/mol. The van der Waals surface area contributed by atoms with Gasteiger partial charge in [-0.05, 0) is 56.5 Å². The Labute approximate surface area is 167 Å². The predicted octanol–water partition coefficient (Wildman–Crippen LogP) is 3.33. The largest absolute Gasteiger partial charge is 0.293 e. The van der Waals surface area contributed by atoms with Gasteiger partial charge in [0.25, 0.3) is 0 Å². The molecule has 5 nitrogen and oxygen atoms in total. The van der Waals surface area contributed by atoms with Crippen LogP contribution in [0.25, 0.3) is 0 Å². The zero-order valence-corrected chi connectivity index (χ0v) is 16.7. The number of piperidine rings is 1. The molecule has 146 valence electrons. The first-order valence-corrected chi connectivity index (χ1v) is 11.3. The van der Waals surface area contributed by atoms with Gasteiger partial charge in [-0.15, -0.1) is 0 Å². The lowest BCUT2D eigenvalue weighted by Crippen LogP contribution is -2.53. The highest BCUT2D eigenvalue weighted by atomic mass is 32.2. The second kappa shape index (κ2) is 7.67. The highest BCUT2D eigenvalue weighted by Gasteiger charge is 2.44. The quantitative estimate of drug-likeness (QED) is 0.797. The smallest absolute Gasteiger partial charge is 0.244 e. The summed E-state index contributed by atoms with van der Waals surface area (Å²) < 4.78 is 27.9. The Morgan fingerprint density at radius 2 is 1.46 bits per heavy atom. The maximum atomic E-state index is 13.2. The van der Waals surface area contributed by atoms with Crippen LogP contribution in [-0.4, -0.2) is 43.8 Å². The standard InChI is InChI=1S/C22H25N3O2S/c23-18-19-8-4-5-11-21(19)28(26,27)25-16-12-22(13-17-25,24-14-6-7-15-24)20-9-2-1-3-10-20/h1-5,8-11H,6-7,12-17H2. The molecule has 0 bridgehead atoms. The van der Waals surface area contributed by atoms with Crippen LogP contribution in [0.1, 0.15) is 36.8 Å². The number of hydrogen-bond acceptors (Lipinski definition) is 4. The minimum Gasteiger partial charge on any atom is -0.293 e. The van der Waals surface area contributed by atoms with Gasteiger partial charge in [0.05, 0.1) is 10.5 Å². The third kappa shape index (κ3) is 3.24. The second-order valence-electron chi connectivity index (χ2n) is 7.60. The molecule has 0 radical (unpaired) electrons. The molecular formula is C22H25N3O2S. The van der Waals surface area contributed by atoms with Crippen LogP contribution in [0.15, 0.2) is 59.5 Å². The van der Waals surface area contributed by atoms with Crippen LogP contribution in [0, 0.1) is 11.3 Å². The SMILES string of the molecule is N#Cc1ccccc1S(=O)(=O)N1CCC(c2ccccc2)(N2CCCC2)CC1. The van der Waals surface area contributed by atoms with Crippen LogP contribution in [0.5, 0.6) is 0 Å². The van der Waals surface area contributed by atoms with Crippen molar-refractivity contribution in [2.45, 2.75) is 36.1 Å². The van der Waals surface area contributed by atoms with Crippen molar-refractivity contribution in [3.63, 3.8) is 0 Å². The van der Waals surface area contributed by atoms with E-state index in [1.165, 1.54) is 24.5 Å². The molecule has 0 saturated carbocycles. The summed E-state index contributed by atoms with van der Waals surface area (Å²) in [6.07, 6.45) is 3.94. The average Bonchev–Trinajstić information content (AvgIpc) is 3.30. The molecule has 4 rings (SSSR count). The predicted molar refractivity (Wildman–Crippen MR) is 108 cm³/mol. The van der Waals surface area contributed by atoms with Crippen molar-refractivity contribution >= 4 is 10.0 Å². The molecule has 0 amide bonds. The molecule has 0 N–H and O–H groups in total. The van der Waals surface area contributed by atoms with Crippen molar-refractivity contribution in [1.29, 1.82) is 5.26 Å². The maximum absolute atomic E-state index is 13.2. The van der Waals surface area contributed by atoms with Crippen LogP contribution in [0.4, 0.5) is 0 Å². The van der Waals surface area contributed by atoms with Gasteiger partial charge in [0.2, 0.25) is 10.0 Å². The summed E-state index contributed by atoms with van der Waals surface area (Å²) in [5.74, 6) is 0. The first kappa shape index (κ1) is 19.1. The minimum absolute atomic E-state index is 0.0987. The molecule has 0 aliphatic carbocycles. The summed E-state index contributed by atoms with van der Waals surface area (Å²) in [4.78, 5) is 2.67. The van der Waals surface area contributed by atoms with Gasteiger partial charge in [-0.3, -0.25) is 4.90 Å². The third-order valence-electron chi connectivity index (χ3n) is 6.20. The fourth-order valence-electron chi connectivity index (χ4n) is 4.70. The minimum atomic E-state index is -3.67. The topological polar surface area (TPSA) is 64.4 Å². The van der Waals surface area contributed by atoms with Gasteiger partial charge in [-0.25, -0.2) is 8.42 Å². The van der Waals surface area contributed by atoms with E-state index in [0.717, 1.165) is 25.9 Å². The van der Waals surface area contributed by atoms with Gasteiger partial charge in [0, 0.05) is 18.6 Å². The first-order chi connectivity index (χ1) is 13.6. The lowest BCUT2D eigenvalue weighted by Gasteiger charge is -2.47. The fourth-order valence-corrected chi connectivity index (χ4v) is 6.28. The zero-order chi connectivity index (χ0) is 19.6. The number of nitrogens with zero attached hydrogens (tertiary/aromatic N) is 3. The Bertz CT molecular complexity index is 968. The number of nitriles is 1. The lowest BCUT2D eigenvalue weighted by atomic mass is 9.80. The maximum Gasteiger partial charge on any atom is 0.244 e. The molecule has 2 aliphatic heterocycles. The molecule has 0 spiro atoms. The van der Waals surface area contributed by atoms with Gasteiger partial charge in [0.1, 0.15) is 6.07 Å². The molecule has 2 saturated heterocycles. The van der Waals surface area contributed by atoms with Crippen LogP contribution in [0.2, 0.25) is 0 Å². The Morgan fingerprint density at radius 1 is 0.857 bits per heavy atom. The molecule has 0 atom stereocenters. The van der Waals surface area contributed by atoms with Crippen LogP contribution in [0.3, 0.4) is 0 Å². The number of sulfonamides is 1. The van der Waals surface area contributed by atoms with Gasteiger partial charge in [0.15, 0.2) is 0 Å². The van der Waals surface area contributed by atoms with E-state index in [0.29, 0.717) is 13.1 Å². The molecule has 2 fully saturated rings. The van der Waals surface area contributed by atoms with Gasteiger partial charge < -0.3 is 0 Å². The molecule has 2 aliphatic rings. The fraction of sp³-hybridized carbons (Fsp3) is 0.409. The number of rotatable bonds is 4. The Morgan fingerprint density at radius 3 is 2.11 bits per heavy atom. The van der Waals surface area contributed by atoms with E-state index in [-0.39, 0.29) is 16.0 Å². The molecule has 2 aromatic rings. The molecule has 2 aromatic carbocycles. The summed E-state index contributed by atoms with van der Waals surface area (Å²) in [6, 6.07) is 19.0. The number of likely N-dealkylation sites (tertiary alicyclic amines) is 1. The highest BCUT2D eigenvalue weighted by molar-refractivity contribution is 7.89.